The second kappa shape index (κ2) is 5.80. The Morgan fingerprint density at radius 2 is 2.08 bits per heavy atom. The molecule has 4 nitrogen and oxygen atoms in total. The molecule has 1 amide bonds. The Bertz CT molecular complexity index is 156. The summed E-state index contributed by atoms with van der Waals surface area (Å²) in [6.45, 7) is 1.10. The van der Waals surface area contributed by atoms with Gasteiger partial charge in [-0.25, -0.2) is 4.79 Å². The molecule has 0 atom stereocenters. The largest absolute Gasteiger partial charge is 0.448 e. The van der Waals surface area contributed by atoms with Crippen LogP contribution in [0, 0.1) is 0 Å². The van der Waals surface area contributed by atoms with Crippen LogP contribution in [-0.2, 0) is 4.74 Å². The molecule has 1 fully saturated rings. The first-order valence-corrected chi connectivity index (χ1v) is 4.94. The van der Waals surface area contributed by atoms with Crippen molar-refractivity contribution in [1.29, 1.82) is 0 Å². The lowest BCUT2D eigenvalue weighted by Crippen LogP contribution is -2.34. The lowest BCUT2D eigenvalue weighted by Gasteiger charge is -2.22. The minimum Gasteiger partial charge on any atom is -0.448 e. The van der Waals surface area contributed by atoms with Crippen LogP contribution >= 0.6 is 0 Å². The lowest BCUT2D eigenvalue weighted by molar-refractivity contribution is 0.155. The molecule has 0 aromatic heterocycles. The van der Waals surface area contributed by atoms with Gasteiger partial charge in [0.25, 0.3) is 0 Å². The lowest BCUT2D eigenvalue weighted by atomic mass is 9.96. The van der Waals surface area contributed by atoms with Crippen molar-refractivity contribution in [2.75, 3.05) is 13.2 Å². The van der Waals surface area contributed by atoms with E-state index in [9.17, 15) is 4.79 Å². The summed E-state index contributed by atoms with van der Waals surface area (Å²) < 4.78 is 4.61. The minimum atomic E-state index is -0.689. The van der Waals surface area contributed by atoms with Crippen LogP contribution in [0.1, 0.15) is 32.1 Å². The van der Waals surface area contributed by atoms with Crippen LogP contribution in [0.15, 0.2) is 0 Å². The second-order valence-corrected chi connectivity index (χ2v) is 3.46. The summed E-state index contributed by atoms with van der Waals surface area (Å²) in [6.07, 6.45) is 5.79. The molecule has 1 saturated carbocycles. The first kappa shape index (κ1) is 10.3. The van der Waals surface area contributed by atoms with E-state index in [2.05, 4.69) is 10.1 Å². The molecular formula is C9H18N2O2. The zero-order valence-corrected chi connectivity index (χ0v) is 7.92. The summed E-state index contributed by atoms with van der Waals surface area (Å²) in [4.78, 5) is 10.2. The van der Waals surface area contributed by atoms with E-state index >= 15 is 0 Å². The van der Waals surface area contributed by atoms with E-state index in [-0.39, 0.29) is 0 Å². The summed E-state index contributed by atoms with van der Waals surface area (Å²) in [5, 5.41) is 3.34. The Labute approximate surface area is 78.8 Å². The first-order valence-electron chi connectivity index (χ1n) is 4.94. The molecule has 76 valence electrons. The molecule has 4 heteroatoms. The minimum absolute atomic E-state index is 0.381. The summed E-state index contributed by atoms with van der Waals surface area (Å²) >= 11 is 0. The molecule has 0 aromatic rings. The van der Waals surface area contributed by atoms with Crippen LogP contribution in [-0.4, -0.2) is 25.3 Å². The van der Waals surface area contributed by atoms with E-state index in [1.54, 1.807) is 0 Å². The Morgan fingerprint density at radius 1 is 1.38 bits per heavy atom. The molecule has 3 N–H and O–H groups in total. The number of carbonyl (C=O) groups is 1. The number of rotatable bonds is 4. The van der Waals surface area contributed by atoms with E-state index in [1.807, 2.05) is 0 Å². The average Bonchev–Trinajstić information content (AvgIpc) is 2.14. The van der Waals surface area contributed by atoms with E-state index in [1.165, 1.54) is 32.1 Å². The number of amides is 1. The van der Waals surface area contributed by atoms with Crippen molar-refractivity contribution in [3.8, 4) is 0 Å². The van der Waals surface area contributed by atoms with Gasteiger partial charge in [0.15, 0.2) is 0 Å². The quantitative estimate of drug-likeness (QED) is 0.644. The van der Waals surface area contributed by atoms with E-state index < -0.39 is 6.09 Å². The maximum absolute atomic E-state index is 10.2. The summed E-state index contributed by atoms with van der Waals surface area (Å²) in [5.74, 6) is 0. The highest BCUT2D eigenvalue weighted by atomic mass is 16.5. The molecule has 0 spiro atoms. The topological polar surface area (TPSA) is 64.4 Å². The number of ether oxygens (including phenoxy) is 1. The second-order valence-electron chi connectivity index (χ2n) is 3.46. The van der Waals surface area contributed by atoms with Crippen LogP contribution in [0.2, 0.25) is 0 Å². The van der Waals surface area contributed by atoms with Crippen molar-refractivity contribution in [2.45, 2.75) is 38.1 Å². The molecule has 0 heterocycles. The smallest absolute Gasteiger partial charge is 0.404 e. The van der Waals surface area contributed by atoms with Gasteiger partial charge < -0.3 is 15.8 Å². The monoisotopic (exact) mass is 186 g/mol. The molecule has 0 bridgehead atoms. The number of nitrogens with two attached hydrogens (primary N) is 1. The van der Waals surface area contributed by atoms with Gasteiger partial charge >= 0.3 is 6.09 Å². The molecule has 1 aliphatic rings. The van der Waals surface area contributed by atoms with Crippen LogP contribution < -0.4 is 11.1 Å². The standard InChI is InChI=1S/C9H18N2O2/c10-9(12)13-7-6-11-8-4-2-1-3-5-8/h8,11H,1-7H2,(H2,10,12). The SMILES string of the molecule is NC(=O)OCCNC1CCCCC1. The normalized spacial score (nSPS) is 18.5. The fourth-order valence-electron chi connectivity index (χ4n) is 1.72. The highest BCUT2D eigenvalue weighted by Crippen LogP contribution is 2.16. The van der Waals surface area contributed by atoms with Crippen molar-refractivity contribution in [1.82, 2.24) is 5.32 Å². The molecule has 0 unspecified atom stereocenters. The predicted octanol–water partition coefficient (Wildman–Crippen LogP) is 1.00. The molecule has 0 aromatic carbocycles. The number of hydrogen-bond donors (Lipinski definition) is 2. The summed E-state index contributed by atoms with van der Waals surface area (Å²) in [5.41, 5.74) is 4.82. The van der Waals surface area contributed by atoms with E-state index in [4.69, 9.17) is 5.73 Å². The highest BCUT2D eigenvalue weighted by molar-refractivity contribution is 5.64. The van der Waals surface area contributed by atoms with Crippen LogP contribution in [0.25, 0.3) is 0 Å². The van der Waals surface area contributed by atoms with Gasteiger partial charge in [-0.2, -0.15) is 0 Å². The van der Waals surface area contributed by atoms with Crippen LogP contribution in [0.3, 0.4) is 0 Å². The van der Waals surface area contributed by atoms with Crippen molar-refractivity contribution >= 4 is 6.09 Å². The highest BCUT2D eigenvalue weighted by Gasteiger charge is 2.11. The van der Waals surface area contributed by atoms with Gasteiger partial charge in [-0.05, 0) is 12.8 Å². The number of carbonyl (C=O) groups excluding carboxylic acids is 1. The van der Waals surface area contributed by atoms with Gasteiger partial charge in [-0.1, -0.05) is 19.3 Å². The first-order chi connectivity index (χ1) is 6.29. The third kappa shape index (κ3) is 4.72. The Morgan fingerprint density at radius 3 is 2.69 bits per heavy atom. The fraction of sp³-hybridized carbons (Fsp3) is 0.889. The fourth-order valence-corrected chi connectivity index (χ4v) is 1.72. The van der Waals surface area contributed by atoms with E-state index in [0.717, 1.165) is 0 Å². The molecule has 0 aliphatic heterocycles. The van der Waals surface area contributed by atoms with Gasteiger partial charge in [0, 0.05) is 12.6 Å². The van der Waals surface area contributed by atoms with Crippen molar-refractivity contribution < 1.29 is 9.53 Å². The van der Waals surface area contributed by atoms with Crippen molar-refractivity contribution in [2.24, 2.45) is 5.73 Å². The van der Waals surface area contributed by atoms with Gasteiger partial charge in [0.2, 0.25) is 0 Å². The third-order valence-corrected chi connectivity index (χ3v) is 2.38. The Kier molecular flexibility index (Phi) is 4.60. The molecule has 13 heavy (non-hydrogen) atoms. The number of primary amides is 1. The average molecular weight is 186 g/mol. The Hall–Kier alpha value is -0.770. The summed E-state index contributed by atoms with van der Waals surface area (Å²) in [7, 11) is 0. The predicted molar refractivity (Wildman–Crippen MR) is 50.4 cm³/mol. The molecule has 1 rings (SSSR count). The molecular weight excluding hydrogens is 168 g/mol. The zero-order chi connectivity index (χ0) is 9.52. The van der Waals surface area contributed by atoms with Crippen LogP contribution in [0.4, 0.5) is 4.79 Å². The van der Waals surface area contributed by atoms with Crippen molar-refractivity contribution in [3.63, 3.8) is 0 Å². The molecule has 1 aliphatic carbocycles. The van der Waals surface area contributed by atoms with Gasteiger partial charge in [0.1, 0.15) is 6.61 Å². The molecule has 0 radical (unpaired) electrons. The maximum Gasteiger partial charge on any atom is 0.404 e. The van der Waals surface area contributed by atoms with Crippen LogP contribution in [0.5, 0.6) is 0 Å². The molecule has 0 saturated heterocycles. The maximum atomic E-state index is 10.2. The van der Waals surface area contributed by atoms with E-state index in [0.29, 0.717) is 19.2 Å². The summed E-state index contributed by atoms with van der Waals surface area (Å²) in [6, 6.07) is 0.616. The van der Waals surface area contributed by atoms with Gasteiger partial charge in [0.05, 0.1) is 0 Å². The van der Waals surface area contributed by atoms with Gasteiger partial charge in [-0.15, -0.1) is 0 Å². The number of nitrogens with one attached hydrogen (secondary N) is 1. The Balaban J connectivity index is 1.95. The third-order valence-electron chi connectivity index (χ3n) is 2.38. The zero-order valence-electron chi connectivity index (χ0n) is 7.92. The number of hydrogen-bond acceptors (Lipinski definition) is 3. The van der Waals surface area contributed by atoms with Gasteiger partial charge in [-0.3, -0.25) is 0 Å². The van der Waals surface area contributed by atoms with Crippen molar-refractivity contribution in [3.05, 3.63) is 0 Å².